The number of aromatic amines is 2. The van der Waals surface area contributed by atoms with Crippen molar-refractivity contribution in [1.29, 1.82) is 0 Å². The highest BCUT2D eigenvalue weighted by Gasteiger charge is 2.19. The second-order valence-electron chi connectivity index (χ2n) is 5.59. The van der Waals surface area contributed by atoms with Gasteiger partial charge in [0.05, 0.1) is 11.0 Å². The van der Waals surface area contributed by atoms with E-state index >= 15 is 0 Å². The molecule has 1 atom stereocenters. The number of aromatic nitrogens is 3. The summed E-state index contributed by atoms with van der Waals surface area (Å²) in [4.78, 5) is 40.5. The van der Waals surface area contributed by atoms with Gasteiger partial charge in [-0.3, -0.25) is 14.4 Å². The number of amides is 1. The van der Waals surface area contributed by atoms with E-state index < -0.39 is 11.1 Å². The molecule has 3 N–H and O–H groups in total. The van der Waals surface area contributed by atoms with Crippen molar-refractivity contribution in [1.82, 2.24) is 14.5 Å². The lowest BCUT2D eigenvalue weighted by Crippen LogP contribution is -2.29. The first kappa shape index (κ1) is 17.1. The van der Waals surface area contributed by atoms with Gasteiger partial charge in [-0.05, 0) is 48.8 Å². The van der Waals surface area contributed by atoms with E-state index in [1.165, 1.54) is 0 Å². The minimum atomic E-state index is -0.721. The molecular weight excluding hydrogens is 340 g/mol. The topological polar surface area (TPSA) is 99.8 Å². The number of rotatable bonds is 6. The zero-order valence-corrected chi connectivity index (χ0v) is 14.4. The van der Waals surface area contributed by atoms with Crippen LogP contribution >= 0.6 is 11.8 Å². The highest BCUT2D eigenvalue weighted by Crippen LogP contribution is 2.19. The van der Waals surface area contributed by atoms with E-state index in [0.717, 1.165) is 5.75 Å². The van der Waals surface area contributed by atoms with Gasteiger partial charge in [0.1, 0.15) is 6.04 Å². The van der Waals surface area contributed by atoms with Gasteiger partial charge in [-0.25, -0.2) is 0 Å². The molecule has 0 saturated heterocycles. The Labute approximate surface area is 147 Å². The third-order valence-electron chi connectivity index (χ3n) is 3.88. The van der Waals surface area contributed by atoms with Crippen molar-refractivity contribution in [2.75, 3.05) is 17.3 Å². The number of nitrogens with zero attached hydrogens (tertiary/aromatic N) is 1. The number of carbonyl (C=O) groups excluding carboxylic acids is 1. The van der Waals surface area contributed by atoms with Gasteiger partial charge in [0, 0.05) is 18.1 Å². The molecule has 7 nitrogen and oxygen atoms in total. The van der Waals surface area contributed by atoms with Crippen molar-refractivity contribution in [2.24, 2.45) is 0 Å². The van der Waals surface area contributed by atoms with E-state index in [0.29, 0.717) is 23.1 Å². The highest BCUT2D eigenvalue weighted by molar-refractivity contribution is 7.98. The van der Waals surface area contributed by atoms with Crippen LogP contribution in [0, 0.1) is 0 Å². The summed E-state index contributed by atoms with van der Waals surface area (Å²) in [5.41, 5.74) is 0.104. The van der Waals surface area contributed by atoms with E-state index in [-0.39, 0.29) is 11.9 Å². The van der Waals surface area contributed by atoms with E-state index in [4.69, 9.17) is 0 Å². The van der Waals surface area contributed by atoms with Gasteiger partial charge in [-0.1, -0.05) is 0 Å². The van der Waals surface area contributed by atoms with Crippen LogP contribution in [0.5, 0.6) is 0 Å². The summed E-state index contributed by atoms with van der Waals surface area (Å²) in [6, 6.07) is 8.43. The van der Waals surface area contributed by atoms with Crippen LogP contribution in [-0.2, 0) is 4.79 Å². The molecular formula is C17H18N4O3S. The Balaban J connectivity index is 1.85. The highest BCUT2D eigenvalue weighted by atomic mass is 32.2. The van der Waals surface area contributed by atoms with Crippen molar-refractivity contribution in [3.8, 4) is 0 Å². The first-order chi connectivity index (χ1) is 12.1. The minimum Gasteiger partial charge on any atom is -0.342 e. The van der Waals surface area contributed by atoms with Crippen molar-refractivity contribution in [3.05, 3.63) is 63.4 Å². The van der Waals surface area contributed by atoms with Crippen molar-refractivity contribution < 1.29 is 4.79 Å². The number of benzene rings is 1. The van der Waals surface area contributed by atoms with Crippen LogP contribution in [0.2, 0.25) is 0 Å². The number of nitrogens with one attached hydrogen (secondary N) is 3. The van der Waals surface area contributed by atoms with Gasteiger partial charge in [0.2, 0.25) is 5.91 Å². The number of anilines is 1. The standard InChI is InChI=1S/C17H18N4O3S/c1-25-9-6-14(21-7-2-3-8-21)15(22)18-11-4-5-12-13(10-11)20-17(24)16(23)19-12/h2-5,7-8,10,14H,6,9H2,1H3,(H,18,22)(H,19,23)(H,20,24). The number of thioether (sulfide) groups is 1. The van der Waals surface area contributed by atoms with Gasteiger partial charge in [0.25, 0.3) is 0 Å². The van der Waals surface area contributed by atoms with E-state index in [2.05, 4.69) is 15.3 Å². The van der Waals surface area contributed by atoms with E-state index in [9.17, 15) is 14.4 Å². The van der Waals surface area contributed by atoms with Gasteiger partial charge in [0.15, 0.2) is 0 Å². The fourth-order valence-corrected chi connectivity index (χ4v) is 3.08. The quantitative estimate of drug-likeness (QED) is 0.586. The molecule has 25 heavy (non-hydrogen) atoms. The Bertz CT molecular complexity index is 991. The zero-order chi connectivity index (χ0) is 17.8. The smallest absolute Gasteiger partial charge is 0.314 e. The maximum absolute atomic E-state index is 12.7. The van der Waals surface area contributed by atoms with Crippen LogP contribution in [-0.4, -0.2) is 32.5 Å². The lowest BCUT2D eigenvalue weighted by atomic mass is 10.2. The number of fused-ring (bicyclic) bond motifs is 1. The van der Waals surface area contributed by atoms with Crippen LogP contribution in [0.4, 0.5) is 5.69 Å². The van der Waals surface area contributed by atoms with Crippen LogP contribution in [0.1, 0.15) is 12.5 Å². The fraction of sp³-hybridized carbons (Fsp3) is 0.235. The lowest BCUT2D eigenvalue weighted by Gasteiger charge is -2.18. The van der Waals surface area contributed by atoms with Crippen LogP contribution < -0.4 is 16.4 Å². The Morgan fingerprint density at radius 2 is 1.84 bits per heavy atom. The third kappa shape index (κ3) is 3.85. The second kappa shape index (κ2) is 7.43. The number of hydrogen-bond donors (Lipinski definition) is 3. The molecule has 0 spiro atoms. The van der Waals surface area contributed by atoms with Gasteiger partial charge >= 0.3 is 11.1 Å². The Hall–Kier alpha value is -2.74. The summed E-state index contributed by atoms with van der Waals surface area (Å²) in [5, 5.41) is 2.88. The normalized spacial score (nSPS) is 12.2. The summed E-state index contributed by atoms with van der Waals surface area (Å²) in [5.74, 6) is 0.735. The monoisotopic (exact) mass is 358 g/mol. The Kier molecular flexibility index (Phi) is 5.08. The van der Waals surface area contributed by atoms with Crippen LogP contribution in [0.3, 0.4) is 0 Å². The second-order valence-corrected chi connectivity index (χ2v) is 6.57. The average Bonchev–Trinajstić information content (AvgIpc) is 3.11. The molecule has 0 aliphatic rings. The first-order valence-corrected chi connectivity index (χ1v) is 9.16. The molecule has 0 aliphatic heterocycles. The molecule has 2 aromatic heterocycles. The molecule has 0 radical (unpaired) electrons. The Morgan fingerprint density at radius 3 is 2.52 bits per heavy atom. The third-order valence-corrected chi connectivity index (χ3v) is 4.52. The van der Waals surface area contributed by atoms with Gasteiger partial charge < -0.3 is 19.9 Å². The van der Waals surface area contributed by atoms with Crippen LogP contribution in [0.25, 0.3) is 11.0 Å². The summed E-state index contributed by atoms with van der Waals surface area (Å²) in [6.07, 6.45) is 6.45. The van der Waals surface area contributed by atoms with Crippen molar-refractivity contribution in [2.45, 2.75) is 12.5 Å². The van der Waals surface area contributed by atoms with Gasteiger partial charge in [-0.15, -0.1) is 0 Å². The molecule has 3 rings (SSSR count). The molecule has 1 unspecified atom stereocenters. The number of H-pyrrole nitrogens is 2. The van der Waals surface area contributed by atoms with Crippen molar-refractivity contribution >= 4 is 34.4 Å². The number of carbonyl (C=O) groups is 1. The molecule has 1 aromatic carbocycles. The predicted octanol–water partition coefficient (Wildman–Crippen LogP) is 1.95. The zero-order valence-electron chi connectivity index (χ0n) is 13.6. The molecule has 2 heterocycles. The summed E-state index contributed by atoms with van der Waals surface area (Å²) >= 11 is 1.69. The first-order valence-electron chi connectivity index (χ1n) is 7.77. The van der Waals surface area contributed by atoms with E-state index in [1.807, 2.05) is 35.3 Å². The summed E-state index contributed by atoms with van der Waals surface area (Å²) in [6.45, 7) is 0. The molecule has 0 saturated carbocycles. The molecule has 3 aromatic rings. The van der Waals surface area contributed by atoms with Crippen molar-refractivity contribution in [3.63, 3.8) is 0 Å². The van der Waals surface area contributed by atoms with E-state index in [1.54, 1.807) is 30.0 Å². The Morgan fingerprint density at radius 1 is 1.16 bits per heavy atom. The van der Waals surface area contributed by atoms with Crippen LogP contribution in [0.15, 0.2) is 52.3 Å². The lowest BCUT2D eigenvalue weighted by molar-refractivity contribution is -0.119. The molecule has 0 fully saturated rings. The largest absolute Gasteiger partial charge is 0.342 e. The molecule has 130 valence electrons. The SMILES string of the molecule is CSCCC(C(=O)Nc1ccc2[nH]c(=O)c(=O)[nH]c2c1)n1cccc1. The predicted molar refractivity (Wildman–Crippen MR) is 100 cm³/mol. The molecule has 0 aliphatic carbocycles. The fourth-order valence-electron chi connectivity index (χ4n) is 2.62. The minimum absolute atomic E-state index is 0.128. The maximum atomic E-state index is 12.7. The number of hydrogen-bond acceptors (Lipinski definition) is 4. The summed E-state index contributed by atoms with van der Waals surface area (Å²) in [7, 11) is 0. The molecule has 0 bridgehead atoms. The average molecular weight is 358 g/mol. The summed E-state index contributed by atoms with van der Waals surface area (Å²) < 4.78 is 1.88. The molecule has 1 amide bonds. The molecule has 8 heteroatoms. The maximum Gasteiger partial charge on any atom is 0.314 e. The van der Waals surface area contributed by atoms with Gasteiger partial charge in [-0.2, -0.15) is 11.8 Å².